The first kappa shape index (κ1) is 14.9. The summed E-state index contributed by atoms with van der Waals surface area (Å²) in [7, 11) is 0. The van der Waals surface area contributed by atoms with Crippen LogP contribution in [0.2, 0.25) is 5.02 Å². The van der Waals surface area contributed by atoms with Crippen molar-refractivity contribution in [1.82, 2.24) is 9.88 Å². The molecule has 114 valence electrons. The van der Waals surface area contributed by atoms with Crippen LogP contribution < -0.4 is 0 Å². The molecule has 2 aromatic rings. The highest BCUT2D eigenvalue weighted by molar-refractivity contribution is 6.33. The lowest BCUT2D eigenvalue weighted by atomic mass is 10.1. The molecule has 22 heavy (non-hydrogen) atoms. The van der Waals surface area contributed by atoms with Gasteiger partial charge in [-0.1, -0.05) is 11.6 Å². The van der Waals surface area contributed by atoms with Gasteiger partial charge in [0.15, 0.2) is 11.6 Å². The van der Waals surface area contributed by atoms with Gasteiger partial charge in [0, 0.05) is 25.0 Å². The summed E-state index contributed by atoms with van der Waals surface area (Å²) in [5.41, 5.74) is 0.912. The average molecular weight is 323 g/mol. The van der Waals surface area contributed by atoms with E-state index in [1.807, 2.05) is 12.1 Å². The zero-order valence-electron chi connectivity index (χ0n) is 11.6. The van der Waals surface area contributed by atoms with Gasteiger partial charge in [0.05, 0.1) is 10.6 Å². The third-order valence-corrected chi connectivity index (χ3v) is 3.90. The maximum Gasteiger partial charge on any atom is 0.256 e. The fourth-order valence-corrected chi connectivity index (χ4v) is 2.51. The van der Waals surface area contributed by atoms with Crippen molar-refractivity contribution in [2.75, 3.05) is 0 Å². The Morgan fingerprint density at radius 3 is 2.50 bits per heavy atom. The van der Waals surface area contributed by atoms with E-state index in [1.165, 1.54) is 0 Å². The number of carbonyl (C=O) groups excluding carboxylic acids is 1. The summed E-state index contributed by atoms with van der Waals surface area (Å²) in [6, 6.07) is 5.44. The summed E-state index contributed by atoms with van der Waals surface area (Å²) in [5.74, 6) is -2.52. The van der Waals surface area contributed by atoms with Gasteiger partial charge in [0.2, 0.25) is 0 Å². The highest BCUT2D eigenvalue weighted by Crippen LogP contribution is 2.31. The number of benzene rings is 1. The molecule has 0 aliphatic heterocycles. The Morgan fingerprint density at radius 2 is 1.86 bits per heavy atom. The molecule has 1 aliphatic carbocycles. The molecule has 1 saturated carbocycles. The summed E-state index contributed by atoms with van der Waals surface area (Å²) in [6.45, 7) is 0.390. The average Bonchev–Trinajstić information content (AvgIpc) is 3.33. The van der Waals surface area contributed by atoms with Crippen LogP contribution in [0.4, 0.5) is 8.78 Å². The van der Waals surface area contributed by atoms with Crippen LogP contribution in [-0.4, -0.2) is 21.8 Å². The zero-order valence-corrected chi connectivity index (χ0v) is 12.4. The predicted octanol–water partition coefficient (Wildman–Crippen LogP) is 3.82. The fraction of sp³-hybridized carbons (Fsp3) is 0.250. The minimum absolute atomic E-state index is 0.0125. The summed E-state index contributed by atoms with van der Waals surface area (Å²) >= 11 is 5.90. The second kappa shape index (κ2) is 6.01. The van der Waals surface area contributed by atoms with E-state index in [0.717, 1.165) is 30.5 Å². The molecular formula is C16H13ClF2N2O. The van der Waals surface area contributed by atoms with Gasteiger partial charge in [-0.15, -0.1) is 0 Å². The molecule has 3 rings (SSSR count). The molecule has 0 saturated heterocycles. The molecule has 1 fully saturated rings. The number of nitrogens with zero attached hydrogens (tertiary/aromatic N) is 2. The van der Waals surface area contributed by atoms with Crippen LogP contribution in [0.25, 0.3) is 0 Å². The first-order valence-electron chi connectivity index (χ1n) is 6.90. The lowest BCUT2D eigenvalue weighted by Crippen LogP contribution is -2.33. The molecular weight excluding hydrogens is 310 g/mol. The van der Waals surface area contributed by atoms with Crippen LogP contribution in [0.15, 0.2) is 36.7 Å². The van der Waals surface area contributed by atoms with Crippen molar-refractivity contribution in [2.45, 2.75) is 25.4 Å². The van der Waals surface area contributed by atoms with Gasteiger partial charge in [0.25, 0.3) is 5.91 Å². The Balaban J connectivity index is 1.89. The molecule has 1 aromatic heterocycles. The van der Waals surface area contributed by atoms with Crippen LogP contribution in [0.3, 0.4) is 0 Å². The summed E-state index contributed by atoms with van der Waals surface area (Å²) in [4.78, 5) is 18.2. The number of hydrogen-bond donors (Lipinski definition) is 0. The molecule has 0 bridgehead atoms. The van der Waals surface area contributed by atoms with E-state index in [-0.39, 0.29) is 22.5 Å². The van der Waals surface area contributed by atoms with Crippen molar-refractivity contribution in [1.29, 1.82) is 0 Å². The summed E-state index contributed by atoms with van der Waals surface area (Å²) < 4.78 is 26.6. The number of hydrogen-bond acceptors (Lipinski definition) is 2. The van der Waals surface area contributed by atoms with Crippen LogP contribution in [0, 0.1) is 11.6 Å². The van der Waals surface area contributed by atoms with Gasteiger partial charge in [-0.3, -0.25) is 9.78 Å². The quantitative estimate of drug-likeness (QED) is 0.802. The van der Waals surface area contributed by atoms with Gasteiger partial charge >= 0.3 is 0 Å². The molecule has 0 radical (unpaired) electrons. The Kier molecular flexibility index (Phi) is 4.07. The highest BCUT2D eigenvalue weighted by Gasteiger charge is 2.34. The van der Waals surface area contributed by atoms with Gasteiger partial charge in [-0.2, -0.15) is 0 Å². The van der Waals surface area contributed by atoms with Crippen LogP contribution in [0.1, 0.15) is 28.8 Å². The Labute approximate surface area is 131 Å². The summed E-state index contributed by atoms with van der Waals surface area (Å²) in [6.07, 6.45) is 5.10. The monoisotopic (exact) mass is 322 g/mol. The number of halogens is 3. The van der Waals surface area contributed by atoms with E-state index in [2.05, 4.69) is 4.98 Å². The number of carbonyl (C=O) groups is 1. The van der Waals surface area contributed by atoms with E-state index < -0.39 is 11.6 Å². The highest BCUT2D eigenvalue weighted by atomic mass is 35.5. The smallest absolute Gasteiger partial charge is 0.256 e. The van der Waals surface area contributed by atoms with Crippen LogP contribution in [0.5, 0.6) is 0 Å². The Bertz CT molecular complexity index is 705. The molecule has 1 heterocycles. The van der Waals surface area contributed by atoms with E-state index in [1.54, 1.807) is 17.3 Å². The van der Waals surface area contributed by atoms with Gasteiger partial charge in [-0.05, 0) is 42.7 Å². The second-order valence-electron chi connectivity index (χ2n) is 5.27. The first-order valence-corrected chi connectivity index (χ1v) is 7.28. The van der Waals surface area contributed by atoms with E-state index in [0.29, 0.717) is 6.54 Å². The van der Waals surface area contributed by atoms with Gasteiger partial charge in [0.1, 0.15) is 0 Å². The van der Waals surface area contributed by atoms with E-state index in [9.17, 15) is 13.6 Å². The number of rotatable bonds is 4. The third kappa shape index (κ3) is 3.09. The van der Waals surface area contributed by atoms with E-state index >= 15 is 0 Å². The summed E-state index contributed by atoms with van der Waals surface area (Å²) in [5, 5.41) is -0.0794. The van der Waals surface area contributed by atoms with Crippen molar-refractivity contribution in [2.24, 2.45) is 0 Å². The predicted molar refractivity (Wildman–Crippen MR) is 78.5 cm³/mol. The molecule has 1 aliphatic rings. The van der Waals surface area contributed by atoms with E-state index in [4.69, 9.17) is 11.6 Å². The van der Waals surface area contributed by atoms with Gasteiger partial charge < -0.3 is 4.90 Å². The number of amides is 1. The minimum Gasteiger partial charge on any atom is -0.331 e. The lowest BCUT2D eigenvalue weighted by molar-refractivity contribution is 0.0729. The minimum atomic E-state index is -1.08. The second-order valence-corrected chi connectivity index (χ2v) is 5.67. The van der Waals surface area contributed by atoms with Crippen molar-refractivity contribution >= 4 is 17.5 Å². The topological polar surface area (TPSA) is 33.2 Å². The standard InChI is InChI=1S/C16H13ClF2N2O/c17-13-8-15(19)14(18)7-12(13)16(22)21(11-1-2-11)9-10-3-5-20-6-4-10/h3-8,11H,1-2,9H2. The van der Waals surface area contributed by atoms with Crippen LogP contribution in [-0.2, 0) is 6.54 Å². The third-order valence-electron chi connectivity index (χ3n) is 3.59. The first-order chi connectivity index (χ1) is 10.6. The molecule has 3 nitrogen and oxygen atoms in total. The number of pyridine rings is 1. The fourth-order valence-electron chi connectivity index (χ4n) is 2.28. The molecule has 1 aromatic carbocycles. The van der Waals surface area contributed by atoms with Crippen LogP contribution >= 0.6 is 11.6 Å². The zero-order chi connectivity index (χ0) is 15.7. The van der Waals surface area contributed by atoms with Crippen molar-refractivity contribution in [3.63, 3.8) is 0 Å². The SMILES string of the molecule is O=C(c1cc(F)c(F)cc1Cl)N(Cc1ccncc1)C1CC1. The van der Waals surface area contributed by atoms with Gasteiger partial charge in [-0.25, -0.2) is 8.78 Å². The number of aromatic nitrogens is 1. The largest absolute Gasteiger partial charge is 0.331 e. The van der Waals surface area contributed by atoms with Crippen molar-refractivity contribution in [3.05, 3.63) is 64.4 Å². The molecule has 1 amide bonds. The Morgan fingerprint density at radius 1 is 1.23 bits per heavy atom. The molecule has 6 heteroatoms. The molecule has 0 spiro atoms. The maximum absolute atomic E-state index is 13.4. The normalized spacial score (nSPS) is 14.0. The maximum atomic E-state index is 13.4. The molecule has 0 unspecified atom stereocenters. The lowest BCUT2D eigenvalue weighted by Gasteiger charge is -2.23. The van der Waals surface area contributed by atoms with Crippen molar-refractivity contribution < 1.29 is 13.6 Å². The molecule has 0 N–H and O–H groups in total. The van der Waals surface area contributed by atoms with Crippen molar-refractivity contribution in [3.8, 4) is 0 Å². The molecule has 0 atom stereocenters. The Hall–Kier alpha value is -2.01.